The summed E-state index contributed by atoms with van der Waals surface area (Å²) < 4.78 is 27.9. The zero-order valence-electron chi connectivity index (χ0n) is 11.8. The van der Waals surface area contributed by atoms with Crippen LogP contribution in [0.1, 0.15) is 19.8 Å². The average molecular weight is 415 g/mol. The van der Waals surface area contributed by atoms with Crippen molar-refractivity contribution in [3.63, 3.8) is 0 Å². The Morgan fingerprint density at radius 1 is 1.45 bits per heavy atom. The van der Waals surface area contributed by atoms with Crippen molar-refractivity contribution >= 4 is 44.0 Å². The quantitative estimate of drug-likeness (QED) is 0.581. The third-order valence-electron chi connectivity index (χ3n) is 3.48. The van der Waals surface area contributed by atoms with E-state index in [1.807, 2.05) is 6.92 Å². The fourth-order valence-electron chi connectivity index (χ4n) is 2.33. The minimum Gasteiger partial charge on any atom is -0.313 e. The summed E-state index contributed by atoms with van der Waals surface area (Å²) in [6.07, 6.45) is 1.57. The van der Waals surface area contributed by atoms with Gasteiger partial charge in [-0.2, -0.15) is 0 Å². The Kier molecular flexibility index (Phi) is 6.75. The van der Waals surface area contributed by atoms with Crippen molar-refractivity contribution in [2.24, 2.45) is 0 Å². The van der Waals surface area contributed by atoms with E-state index in [0.717, 1.165) is 13.0 Å². The van der Waals surface area contributed by atoms with Crippen molar-refractivity contribution in [1.29, 1.82) is 0 Å². The van der Waals surface area contributed by atoms with Crippen LogP contribution in [0.15, 0.2) is 27.6 Å². The molecule has 0 aliphatic carbocycles. The Morgan fingerprint density at radius 3 is 2.73 bits per heavy atom. The van der Waals surface area contributed by atoms with E-state index in [4.69, 9.17) is 0 Å². The van der Waals surface area contributed by atoms with Crippen molar-refractivity contribution in [3.05, 3.63) is 32.8 Å². The maximum Gasteiger partial charge on any atom is 0.290 e. The molecule has 22 heavy (non-hydrogen) atoms. The molecule has 1 aromatic carbocycles. The molecule has 2 rings (SSSR count). The molecule has 1 heterocycles. The molecule has 2 atom stereocenters. The van der Waals surface area contributed by atoms with Gasteiger partial charge in [0.15, 0.2) is 4.90 Å². The highest BCUT2D eigenvalue weighted by Crippen LogP contribution is 2.28. The lowest BCUT2D eigenvalue weighted by Crippen LogP contribution is -2.51. The van der Waals surface area contributed by atoms with Gasteiger partial charge < -0.3 is 5.32 Å². The predicted octanol–water partition coefficient (Wildman–Crippen LogP) is 2.20. The average Bonchev–Trinajstić information content (AvgIpc) is 2.40. The fourth-order valence-corrected chi connectivity index (χ4v) is 4.18. The first-order valence-electron chi connectivity index (χ1n) is 6.51. The molecular weight excluding hydrogens is 398 g/mol. The van der Waals surface area contributed by atoms with E-state index >= 15 is 0 Å². The van der Waals surface area contributed by atoms with Crippen molar-refractivity contribution in [2.45, 2.75) is 36.7 Å². The molecule has 0 aromatic heterocycles. The van der Waals surface area contributed by atoms with Crippen LogP contribution < -0.4 is 10.0 Å². The second-order valence-corrected chi connectivity index (χ2v) is 7.58. The summed E-state index contributed by atoms with van der Waals surface area (Å²) in [5, 5.41) is 14.2. The van der Waals surface area contributed by atoms with Gasteiger partial charge in [-0.3, -0.25) is 10.1 Å². The van der Waals surface area contributed by atoms with Crippen molar-refractivity contribution in [1.82, 2.24) is 10.0 Å². The van der Waals surface area contributed by atoms with Gasteiger partial charge >= 0.3 is 0 Å². The van der Waals surface area contributed by atoms with Crippen LogP contribution in [-0.2, 0) is 10.0 Å². The summed E-state index contributed by atoms with van der Waals surface area (Å²) in [5.74, 6) is 0. The lowest BCUT2D eigenvalue weighted by molar-refractivity contribution is -0.387. The number of rotatable bonds is 4. The molecule has 0 saturated carbocycles. The van der Waals surface area contributed by atoms with Crippen LogP contribution in [0, 0.1) is 10.1 Å². The van der Waals surface area contributed by atoms with Gasteiger partial charge in [-0.15, -0.1) is 12.4 Å². The van der Waals surface area contributed by atoms with Crippen molar-refractivity contribution in [3.8, 4) is 0 Å². The minimum atomic E-state index is -3.94. The molecule has 7 nitrogen and oxygen atoms in total. The number of hydrogen-bond donors (Lipinski definition) is 2. The van der Waals surface area contributed by atoms with Crippen LogP contribution in [0.4, 0.5) is 5.69 Å². The SMILES string of the molecule is CC1NCCCC1NS(=O)(=O)c1ccc(Br)cc1[N+](=O)[O-].Cl. The lowest BCUT2D eigenvalue weighted by atomic mass is 10.0. The van der Waals surface area contributed by atoms with Gasteiger partial charge in [-0.05, 0) is 38.4 Å². The van der Waals surface area contributed by atoms with Crippen LogP contribution >= 0.6 is 28.3 Å². The lowest BCUT2D eigenvalue weighted by Gasteiger charge is -2.30. The largest absolute Gasteiger partial charge is 0.313 e. The van der Waals surface area contributed by atoms with Gasteiger partial charge in [0.05, 0.1) is 4.92 Å². The topological polar surface area (TPSA) is 101 Å². The maximum atomic E-state index is 12.4. The molecule has 1 fully saturated rings. The summed E-state index contributed by atoms with van der Waals surface area (Å²) in [5.41, 5.74) is -0.437. The highest BCUT2D eigenvalue weighted by Gasteiger charge is 2.31. The normalized spacial score (nSPS) is 21.9. The van der Waals surface area contributed by atoms with Gasteiger partial charge in [0.25, 0.3) is 5.69 Å². The summed E-state index contributed by atoms with van der Waals surface area (Å²) in [7, 11) is -3.94. The number of benzene rings is 1. The first kappa shape index (κ1) is 19.3. The van der Waals surface area contributed by atoms with Crippen molar-refractivity contribution in [2.75, 3.05) is 6.54 Å². The summed E-state index contributed by atoms with van der Waals surface area (Å²) in [6, 6.07) is 3.63. The van der Waals surface area contributed by atoms with Gasteiger partial charge in [0.2, 0.25) is 10.0 Å². The zero-order valence-corrected chi connectivity index (χ0v) is 15.0. The van der Waals surface area contributed by atoms with E-state index in [1.165, 1.54) is 18.2 Å². The van der Waals surface area contributed by atoms with Crippen LogP contribution in [0.3, 0.4) is 0 Å². The number of nitro benzene ring substituents is 1. The number of nitrogens with one attached hydrogen (secondary N) is 2. The molecule has 124 valence electrons. The fraction of sp³-hybridized carbons (Fsp3) is 0.500. The molecular formula is C12H17BrClN3O4S. The van der Waals surface area contributed by atoms with Crippen LogP contribution in [0.2, 0.25) is 0 Å². The molecule has 2 N–H and O–H groups in total. The van der Waals surface area contributed by atoms with E-state index in [2.05, 4.69) is 26.0 Å². The minimum absolute atomic E-state index is 0. The molecule has 0 amide bonds. The smallest absolute Gasteiger partial charge is 0.290 e. The second-order valence-electron chi connectivity index (χ2n) is 4.98. The van der Waals surface area contributed by atoms with E-state index in [-0.39, 0.29) is 29.4 Å². The Bertz CT molecular complexity index is 656. The van der Waals surface area contributed by atoms with Crippen LogP contribution in [0.5, 0.6) is 0 Å². The van der Waals surface area contributed by atoms with Crippen LogP contribution in [-0.4, -0.2) is 32.0 Å². The van der Waals surface area contributed by atoms with E-state index < -0.39 is 20.6 Å². The third-order valence-corrected chi connectivity index (χ3v) is 5.51. The highest BCUT2D eigenvalue weighted by molar-refractivity contribution is 9.10. The summed E-state index contributed by atoms with van der Waals surface area (Å²) in [6.45, 7) is 2.74. The number of sulfonamides is 1. The van der Waals surface area contributed by atoms with E-state index in [0.29, 0.717) is 10.9 Å². The Balaban J connectivity index is 0.00000242. The third kappa shape index (κ3) is 4.39. The van der Waals surface area contributed by atoms with Gasteiger partial charge in [-0.1, -0.05) is 15.9 Å². The standard InChI is InChI=1S/C12H16BrN3O4S.ClH/c1-8-10(3-2-6-14-8)15-21(19,20)12-5-4-9(13)7-11(12)16(17)18;/h4-5,7-8,10,14-15H,2-3,6H2,1H3;1H. The molecule has 1 saturated heterocycles. The first-order valence-corrected chi connectivity index (χ1v) is 8.78. The van der Waals surface area contributed by atoms with E-state index in [9.17, 15) is 18.5 Å². The molecule has 1 aliphatic heterocycles. The number of nitro groups is 1. The number of halogens is 2. The summed E-state index contributed by atoms with van der Waals surface area (Å²) in [4.78, 5) is 10.1. The first-order chi connectivity index (χ1) is 9.81. The molecule has 0 bridgehead atoms. The Morgan fingerprint density at radius 2 is 2.14 bits per heavy atom. The number of piperidine rings is 1. The zero-order chi connectivity index (χ0) is 15.6. The molecule has 2 unspecified atom stereocenters. The number of hydrogen-bond acceptors (Lipinski definition) is 5. The van der Waals surface area contributed by atoms with Gasteiger partial charge in [0, 0.05) is 22.6 Å². The highest BCUT2D eigenvalue weighted by atomic mass is 79.9. The van der Waals surface area contributed by atoms with Crippen molar-refractivity contribution < 1.29 is 13.3 Å². The monoisotopic (exact) mass is 413 g/mol. The maximum absolute atomic E-state index is 12.4. The van der Waals surface area contributed by atoms with E-state index in [1.54, 1.807) is 0 Å². The number of nitrogens with zero attached hydrogens (tertiary/aromatic N) is 1. The van der Waals surface area contributed by atoms with Crippen LogP contribution in [0.25, 0.3) is 0 Å². The molecule has 0 radical (unpaired) electrons. The van der Waals surface area contributed by atoms with Gasteiger partial charge in [-0.25, -0.2) is 13.1 Å². The molecule has 1 aromatic rings. The predicted molar refractivity (Wildman–Crippen MR) is 88.9 cm³/mol. The Hall–Kier alpha value is -0.740. The molecule has 10 heteroatoms. The van der Waals surface area contributed by atoms with Gasteiger partial charge in [0.1, 0.15) is 0 Å². The molecule has 0 spiro atoms. The summed E-state index contributed by atoms with van der Waals surface area (Å²) >= 11 is 3.11. The second kappa shape index (κ2) is 7.69. The Labute approximate surface area is 143 Å². The molecule has 1 aliphatic rings.